The van der Waals surface area contributed by atoms with Crippen molar-refractivity contribution in [3.8, 4) is 5.75 Å². The Morgan fingerprint density at radius 3 is 2.60 bits per heavy atom. The molecule has 1 aliphatic carbocycles. The Hall–Kier alpha value is -3.08. The highest BCUT2D eigenvalue weighted by molar-refractivity contribution is 5.58. The van der Waals surface area contributed by atoms with E-state index in [4.69, 9.17) is 11.5 Å². The van der Waals surface area contributed by atoms with Crippen LogP contribution in [-0.2, 0) is 13.0 Å². The maximum atomic E-state index is 12.6. The van der Waals surface area contributed by atoms with E-state index >= 15 is 0 Å². The molecule has 1 aliphatic rings. The number of halogens is 2. The zero-order valence-electron chi connectivity index (χ0n) is 16.3. The molecule has 9 nitrogen and oxygen atoms in total. The first-order valence-corrected chi connectivity index (χ1v) is 9.66. The van der Waals surface area contributed by atoms with Gasteiger partial charge in [-0.25, -0.2) is 4.98 Å². The van der Waals surface area contributed by atoms with Gasteiger partial charge in [-0.15, -0.1) is 0 Å². The topological polar surface area (TPSA) is 142 Å². The molecule has 1 heterocycles. The molecule has 30 heavy (non-hydrogen) atoms. The lowest BCUT2D eigenvalue weighted by Crippen LogP contribution is -2.27. The second kappa shape index (κ2) is 9.61. The van der Waals surface area contributed by atoms with E-state index in [9.17, 15) is 18.9 Å². The molecule has 5 N–H and O–H groups in total. The van der Waals surface area contributed by atoms with Gasteiger partial charge >= 0.3 is 12.3 Å². The molecule has 0 unspecified atom stereocenters. The second-order valence-corrected chi connectivity index (χ2v) is 7.31. The number of hydrogen-bond donors (Lipinski definition) is 3. The third kappa shape index (κ3) is 5.50. The fourth-order valence-corrected chi connectivity index (χ4v) is 3.64. The summed E-state index contributed by atoms with van der Waals surface area (Å²) >= 11 is 0. The quantitative estimate of drug-likeness (QED) is 0.435. The Morgan fingerprint density at radius 1 is 1.23 bits per heavy atom. The summed E-state index contributed by atoms with van der Waals surface area (Å²) in [5, 5.41) is 14.4. The molecular weight excluding hydrogens is 398 g/mol. The van der Waals surface area contributed by atoms with E-state index < -0.39 is 11.5 Å². The zero-order chi connectivity index (χ0) is 21.7. The van der Waals surface area contributed by atoms with Gasteiger partial charge in [0, 0.05) is 18.2 Å². The highest BCUT2D eigenvalue weighted by atomic mass is 19.3. The van der Waals surface area contributed by atoms with Gasteiger partial charge in [0.15, 0.2) is 0 Å². The van der Waals surface area contributed by atoms with E-state index in [0.29, 0.717) is 12.0 Å². The zero-order valence-corrected chi connectivity index (χ0v) is 16.3. The Balaban J connectivity index is 1.79. The molecule has 1 aromatic heterocycles. The van der Waals surface area contributed by atoms with E-state index in [2.05, 4.69) is 20.0 Å². The highest BCUT2D eigenvalue weighted by Gasteiger charge is 2.27. The van der Waals surface area contributed by atoms with Gasteiger partial charge in [-0.2, -0.15) is 13.8 Å². The maximum Gasteiger partial charge on any atom is 0.387 e. The van der Waals surface area contributed by atoms with Gasteiger partial charge in [-0.05, 0) is 44.1 Å². The summed E-state index contributed by atoms with van der Waals surface area (Å²) in [5.41, 5.74) is 12.2. The number of aromatic nitrogens is 2. The lowest BCUT2D eigenvalue weighted by molar-refractivity contribution is -0.385. The largest absolute Gasteiger partial charge is 0.434 e. The molecule has 1 aromatic carbocycles. The summed E-state index contributed by atoms with van der Waals surface area (Å²) in [4.78, 5) is 19.2. The van der Waals surface area contributed by atoms with Crippen LogP contribution in [0.25, 0.3) is 0 Å². The normalized spacial score (nSPS) is 18.9. The fraction of sp³-hybridized carbons (Fsp3) is 0.474. The van der Waals surface area contributed by atoms with Crippen molar-refractivity contribution >= 4 is 17.5 Å². The van der Waals surface area contributed by atoms with Crippen molar-refractivity contribution < 1.29 is 18.4 Å². The summed E-state index contributed by atoms with van der Waals surface area (Å²) in [5.74, 6) is 0.101. The van der Waals surface area contributed by atoms with E-state index in [0.717, 1.165) is 25.7 Å². The van der Waals surface area contributed by atoms with Crippen LogP contribution in [0.5, 0.6) is 5.75 Å². The number of nitrogens with zero attached hydrogens (tertiary/aromatic N) is 3. The molecule has 2 aromatic rings. The number of nitrogens with one attached hydrogen (secondary N) is 1. The summed E-state index contributed by atoms with van der Waals surface area (Å²) in [7, 11) is 0. The molecule has 0 saturated heterocycles. The number of nitro groups is 1. The first-order valence-electron chi connectivity index (χ1n) is 9.66. The lowest BCUT2D eigenvalue weighted by atomic mass is 9.83. The van der Waals surface area contributed by atoms with E-state index in [1.54, 1.807) is 18.2 Å². The minimum absolute atomic E-state index is 0.0219. The Morgan fingerprint density at radius 2 is 1.93 bits per heavy atom. The molecule has 162 valence electrons. The number of rotatable bonds is 8. The minimum Gasteiger partial charge on any atom is -0.434 e. The molecule has 0 aliphatic heterocycles. The highest BCUT2D eigenvalue weighted by Crippen LogP contribution is 2.32. The number of nitrogen functional groups attached to an aromatic ring is 1. The monoisotopic (exact) mass is 422 g/mol. The van der Waals surface area contributed by atoms with E-state index in [1.165, 1.54) is 6.07 Å². The van der Waals surface area contributed by atoms with Crippen LogP contribution in [0.4, 0.5) is 26.2 Å². The summed E-state index contributed by atoms with van der Waals surface area (Å²) in [6.07, 6.45) is 3.86. The van der Waals surface area contributed by atoms with E-state index in [1.807, 2.05) is 0 Å². The van der Waals surface area contributed by atoms with Crippen LogP contribution in [0.15, 0.2) is 24.3 Å². The molecule has 0 spiro atoms. The number of para-hydroxylation sites is 1. The number of anilines is 2. The predicted molar refractivity (Wildman–Crippen MR) is 107 cm³/mol. The van der Waals surface area contributed by atoms with Gasteiger partial charge < -0.3 is 21.5 Å². The van der Waals surface area contributed by atoms with Crippen molar-refractivity contribution in [2.24, 2.45) is 11.7 Å². The molecule has 1 fully saturated rings. The average molecular weight is 422 g/mol. The maximum absolute atomic E-state index is 12.6. The lowest BCUT2D eigenvalue weighted by Gasteiger charge is -2.25. The molecule has 0 atom stereocenters. The van der Waals surface area contributed by atoms with Gasteiger partial charge in [0.25, 0.3) is 0 Å². The van der Waals surface area contributed by atoms with Crippen LogP contribution in [0, 0.1) is 16.0 Å². The van der Waals surface area contributed by atoms with Crippen molar-refractivity contribution in [1.29, 1.82) is 0 Å². The number of benzene rings is 1. The molecular formula is C19H24F2N6O3. The van der Waals surface area contributed by atoms with E-state index in [-0.39, 0.29) is 47.4 Å². The minimum atomic E-state index is -2.95. The van der Waals surface area contributed by atoms with Crippen molar-refractivity contribution in [1.82, 2.24) is 9.97 Å². The number of alkyl halides is 2. The van der Waals surface area contributed by atoms with Crippen LogP contribution in [0.3, 0.4) is 0 Å². The molecule has 0 radical (unpaired) electrons. The molecule has 11 heteroatoms. The third-order valence-electron chi connectivity index (χ3n) is 5.16. The van der Waals surface area contributed by atoms with Crippen LogP contribution >= 0.6 is 0 Å². The van der Waals surface area contributed by atoms with Crippen molar-refractivity contribution in [2.75, 3.05) is 11.1 Å². The second-order valence-electron chi connectivity index (χ2n) is 7.31. The average Bonchev–Trinajstić information content (AvgIpc) is 2.68. The molecule has 0 amide bonds. The van der Waals surface area contributed by atoms with Crippen LogP contribution in [0.2, 0.25) is 0 Å². The standard InChI is InChI=1S/C19H24F2N6O3/c20-18(21)30-15-4-2-1-3-12(15)10-24-19-25-14(16(27(28)29)17(23)26-19)9-11-5-7-13(22)8-6-11/h1-4,11,13,18H,5-10,22H2,(H3,23,24,25,26)/t11-,13-. The van der Waals surface area contributed by atoms with Crippen LogP contribution in [0.1, 0.15) is 36.9 Å². The predicted octanol–water partition coefficient (Wildman–Crippen LogP) is 3.24. The first kappa shape index (κ1) is 21.6. The molecule has 3 rings (SSSR count). The van der Waals surface area contributed by atoms with Crippen molar-refractivity contribution in [3.05, 3.63) is 45.6 Å². The summed E-state index contributed by atoms with van der Waals surface area (Å²) in [6.45, 7) is -2.87. The van der Waals surface area contributed by atoms with Crippen LogP contribution < -0.4 is 21.5 Å². The summed E-state index contributed by atoms with van der Waals surface area (Å²) < 4.78 is 29.7. The molecule has 1 saturated carbocycles. The smallest absolute Gasteiger partial charge is 0.387 e. The Bertz CT molecular complexity index is 891. The van der Waals surface area contributed by atoms with Gasteiger partial charge in [-0.1, -0.05) is 18.2 Å². The molecule has 0 bridgehead atoms. The summed E-state index contributed by atoms with van der Waals surface area (Å²) in [6, 6.07) is 6.47. The number of nitrogens with two attached hydrogens (primary N) is 2. The Kier molecular flexibility index (Phi) is 6.93. The third-order valence-corrected chi connectivity index (χ3v) is 5.16. The SMILES string of the molecule is Nc1nc(NCc2ccccc2OC(F)F)nc(C[C@H]2CC[C@H](N)CC2)c1[N+](=O)[O-]. The van der Waals surface area contributed by atoms with Gasteiger partial charge in [0.2, 0.25) is 11.8 Å². The van der Waals surface area contributed by atoms with Gasteiger partial charge in [0.1, 0.15) is 11.4 Å². The van der Waals surface area contributed by atoms with Gasteiger partial charge in [-0.3, -0.25) is 10.1 Å². The Labute approximate surface area is 172 Å². The number of hydrogen-bond acceptors (Lipinski definition) is 8. The van der Waals surface area contributed by atoms with Crippen molar-refractivity contribution in [2.45, 2.75) is 51.3 Å². The number of ether oxygens (including phenoxy) is 1. The fourth-order valence-electron chi connectivity index (χ4n) is 3.64. The van der Waals surface area contributed by atoms with Gasteiger partial charge in [0.05, 0.1) is 4.92 Å². The first-order chi connectivity index (χ1) is 14.3. The van der Waals surface area contributed by atoms with Crippen LogP contribution in [-0.4, -0.2) is 27.5 Å². The van der Waals surface area contributed by atoms with Crippen molar-refractivity contribution in [3.63, 3.8) is 0 Å².